The van der Waals surface area contributed by atoms with Gasteiger partial charge in [-0.15, -0.1) is 5.10 Å². The molecule has 1 fully saturated rings. The number of ether oxygens (including phenoxy) is 2. The molecule has 0 aliphatic carbocycles. The van der Waals surface area contributed by atoms with Crippen molar-refractivity contribution in [3.8, 4) is 0 Å². The molecule has 0 saturated carbocycles. The highest BCUT2D eigenvalue weighted by Gasteiger charge is 2.23. The molecule has 1 N–H and O–H groups in total. The van der Waals surface area contributed by atoms with E-state index in [2.05, 4.69) is 27.1 Å². The smallest absolute Gasteiger partial charge is 0.246 e. The number of nitrogens with one attached hydrogen (secondary N) is 1. The predicted molar refractivity (Wildman–Crippen MR) is 108 cm³/mol. The van der Waals surface area contributed by atoms with E-state index >= 15 is 0 Å². The van der Waals surface area contributed by atoms with E-state index in [9.17, 15) is 13.2 Å². The topological polar surface area (TPSA) is 116 Å². The van der Waals surface area contributed by atoms with Crippen LogP contribution in [0.15, 0.2) is 12.2 Å². The number of amides is 1. The van der Waals surface area contributed by atoms with Gasteiger partial charge in [0.05, 0.1) is 55.9 Å². The van der Waals surface area contributed by atoms with E-state index in [0.717, 1.165) is 11.4 Å². The van der Waals surface area contributed by atoms with E-state index in [0.29, 0.717) is 64.7 Å². The van der Waals surface area contributed by atoms with E-state index in [4.69, 9.17) is 9.47 Å². The van der Waals surface area contributed by atoms with Gasteiger partial charge in [-0.1, -0.05) is 11.8 Å². The fourth-order valence-electron chi connectivity index (χ4n) is 2.74. The van der Waals surface area contributed by atoms with E-state index < -0.39 is 9.84 Å². The summed E-state index contributed by atoms with van der Waals surface area (Å²) in [7, 11) is -2.88. The Morgan fingerprint density at radius 3 is 2.48 bits per heavy atom. The maximum Gasteiger partial charge on any atom is 0.246 e. The van der Waals surface area contributed by atoms with Crippen molar-refractivity contribution in [3.63, 3.8) is 0 Å². The summed E-state index contributed by atoms with van der Waals surface area (Å²) in [5.74, 6) is 0.241. The van der Waals surface area contributed by atoms with E-state index in [1.807, 2.05) is 6.92 Å². The van der Waals surface area contributed by atoms with E-state index in [1.54, 1.807) is 11.6 Å². The molecule has 2 heterocycles. The monoisotopic (exact) mass is 429 g/mol. The van der Waals surface area contributed by atoms with E-state index in [-0.39, 0.29) is 17.4 Å². The number of carbonyl (C=O) groups excluding carboxylic acids is 1. The first-order valence-corrected chi connectivity index (χ1v) is 11.5. The Kier molecular flexibility index (Phi) is 9.21. The molecule has 1 aliphatic rings. The second-order valence-electron chi connectivity index (χ2n) is 7.03. The Morgan fingerprint density at radius 2 is 1.83 bits per heavy atom. The quantitative estimate of drug-likeness (QED) is 0.351. The standard InChI is InChI=1S/C18H31N5O5S/c1-15(2)18(24)19-4-8-27-10-11-28-9-5-23-16(3)17(20-21-23)14-22-6-12-29(25,26)13-7-22/h1,4-14H2,2-3H3,(H,19,24). The van der Waals surface area contributed by atoms with Gasteiger partial charge in [-0.05, 0) is 13.8 Å². The van der Waals surface area contributed by atoms with Crippen LogP contribution in [0, 0.1) is 6.92 Å². The fraction of sp³-hybridized carbons (Fsp3) is 0.722. The van der Waals surface area contributed by atoms with Crippen LogP contribution in [0.5, 0.6) is 0 Å². The van der Waals surface area contributed by atoms with Gasteiger partial charge in [0.2, 0.25) is 5.91 Å². The predicted octanol–water partition coefficient (Wildman–Crippen LogP) is -0.458. The Hall–Kier alpha value is -1.82. The molecule has 1 saturated heterocycles. The normalized spacial score (nSPS) is 16.6. The van der Waals surface area contributed by atoms with Crippen LogP contribution in [0.3, 0.4) is 0 Å². The first kappa shape index (κ1) is 23.5. The summed E-state index contributed by atoms with van der Waals surface area (Å²) in [6.45, 7) is 11.7. The average Bonchev–Trinajstić information content (AvgIpc) is 3.01. The van der Waals surface area contributed by atoms with Crippen LogP contribution in [-0.2, 0) is 37.2 Å². The van der Waals surface area contributed by atoms with Gasteiger partial charge in [-0.2, -0.15) is 0 Å². The Morgan fingerprint density at radius 1 is 1.17 bits per heavy atom. The highest BCUT2D eigenvalue weighted by molar-refractivity contribution is 7.91. The molecule has 164 valence electrons. The van der Waals surface area contributed by atoms with Crippen molar-refractivity contribution in [2.45, 2.75) is 26.9 Å². The number of hydrogen-bond donors (Lipinski definition) is 1. The number of carbonyl (C=O) groups is 1. The molecule has 29 heavy (non-hydrogen) atoms. The van der Waals surface area contributed by atoms with Crippen molar-refractivity contribution in [3.05, 3.63) is 23.5 Å². The van der Waals surface area contributed by atoms with Gasteiger partial charge >= 0.3 is 0 Å². The third-order valence-electron chi connectivity index (χ3n) is 4.63. The Bertz CT molecular complexity index is 779. The number of hydrogen-bond acceptors (Lipinski definition) is 8. The number of nitrogens with zero attached hydrogens (tertiary/aromatic N) is 4. The molecule has 0 radical (unpaired) electrons. The summed E-state index contributed by atoms with van der Waals surface area (Å²) in [5, 5.41) is 11.1. The molecule has 1 aromatic heterocycles. The minimum absolute atomic E-state index is 0.169. The Labute approximate surface area is 172 Å². The second-order valence-corrected chi connectivity index (χ2v) is 9.34. The van der Waals surface area contributed by atoms with Crippen molar-refractivity contribution < 1.29 is 22.7 Å². The highest BCUT2D eigenvalue weighted by Crippen LogP contribution is 2.11. The molecule has 0 atom stereocenters. The lowest BCUT2D eigenvalue weighted by molar-refractivity contribution is -0.117. The van der Waals surface area contributed by atoms with Gasteiger partial charge in [0.25, 0.3) is 0 Å². The zero-order valence-electron chi connectivity index (χ0n) is 17.2. The lowest BCUT2D eigenvalue weighted by Crippen LogP contribution is -2.39. The summed E-state index contributed by atoms with van der Waals surface area (Å²) in [5.41, 5.74) is 2.31. The van der Waals surface area contributed by atoms with E-state index in [1.165, 1.54) is 0 Å². The summed E-state index contributed by atoms with van der Waals surface area (Å²) in [4.78, 5) is 13.4. The number of aromatic nitrogens is 3. The van der Waals surface area contributed by atoms with Gasteiger partial charge in [0.15, 0.2) is 9.84 Å². The van der Waals surface area contributed by atoms with Gasteiger partial charge in [0.1, 0.15) is 0 Å². The van der Waals surface area contributed by atoms with Crippen LogP contribution in [0.2, 0.25) is 0 Å². The largest absolute Gasteiger partial charge is 0.377 e. The number of rotatable bonds is 12. The first-order chi connectivity index (χ1) is 13.8. The van der Waals surface area contributed by atoms with Crippen molar-refractivity contribution in [1.82, 2.24) is 25.2 Å². The molecule has 2 rings (SSSR count). The van der Waals surface area contributed by atoms with Crippen LogP contribution in [0.1, 0.15) is 18.3 Å². The minimum atomic E-state index is -2.88. The second kappa shape index (κ2) is 11.4. The first-order valence-electron chi connectivity index (χ1n) is 9.69. The van der Waals surface area contributed by atoms with Crippen molar-refractivity contribution in [1.29, 1.82) is 0 Å². The molecule has 1 aromatic rings. The molecular formula is C18H31N5O5S. The van der Waals surface area contributed by atoms with Crippen molar-refractivity contribution >= 4 is 15.7 Å². The van der Waals surface area contributed by atoms with Crippen molar-refractivity contribution in [2.24, 2.45) is 0 Å². The molecule has 0 unspecified atom stereocenters. The molecule has 11 heteroatoms. The summed E-state index contributed by atoms with van der Waals surface area (Å²) < 4.78 is 35.8. The summed E-state index contributed by atoms with van der Waals surface area (Å²) in [6, 6.07) is 0. The summed E-state index contributed by atoms with van der Waals surface area (Å²) in [6.07, 6.45) is 0. The SMILES string of the molecule is C=C(C)C(=O)NCCOCCOCCn1nnc(CN2CCS(=O)(=O)CC2)c1C. The maximum absolute atomic E-state index is 11.5. The zero-order chi connectivity index (χ0) is 21.3. The minimum Gasteiger partial charge on any atom is -0.377 e. The van der Waals surface area contributed by atoms with Crippen LogP contribution in [-0.4, -0.2) is 91.8 Å². The van der Waals surface area contributed by atoms with Crippen molar-refractivity contribution in [2.75, 3.05) is 57.6 Å². The van der Waals surface area contributed by atoms with Crippen LogP contribution >= 0.6 is 0 Å². The third-order valence-corrected chi connectivity index (χ3v) is 6.24. The number of sulfone groups is 1. The molecule has 1 amide bonds. The average molecular weight is 430 g/mol. The molecular weight excluding hydrogens is 398 g/mol. The zero-order valence-corrected chi connectivity index (χ0v) is 18.0. The van der Waals surface area contributed by atoms with Crippen LogP contribution < -0.4 is 5.32 Å². The van der Waals surface area contributed by atoms with Crippen LogP contribution in [0.25, 0.3) is 0 Å². The lowest BCUT2D eigenvalue weighted by atomic mass is 10.3. The lowest BCUT2D eigenvalue weighted by Gasteiger charge is -2.25. The molecule has 1 aliphatic heterocycles. The van der Waals surface area contributed by atoms with Gasteiger partial charge < -0.3 is 14.8 Å². The Balaban J connectivity index is 1.57. The highest BCUT2D eigenvalue weighted by atomic mass is 32.2. The maximum atomic E-state index is 11.5. The van der Waals surface area contributed by atoms with Crippen LogP contribution in [0.4, 0.5) is 0 Å². The molecule has 0 aromatic carbocycles. The fourth-order valence-corrected chi connectivity index (χ4v) is 4.01. The van der Waals surface area contributed by atoms with Gasteiger partial charge in [-0.25, -0.2) is 13.1 Å². The summed E-state index contributed by atoms with van der Waals surface area (Å²) >= 11 is 0. The third kappa shape index (κ3) is 8.21. The molecule has 0 bridgehead atoms. The molecule has 0 spiro atoms. The van der Waals surface area contributed by atoms with Gasteiger partial charge in [0, 0.05) is 31.8 Å². The van der Waals surface area contributed by atoms with Gasteiger partial charge in [-0.3, -0.25) is 9.69 Å². The molecule has 10 nitrogen and oxygen atoms in total.